The Balaban J connectivity index is 1.93. The maximum atomic E-state index is 11.4. The van der Waals surface area contributed by atoms with Crippen LogP contribution in [-0.4, -0.2) is 11.1 Å². The highest BCUT2D eigenvalue weighted by Gasteiger charge is 2.17. The van der Waals surface area contributed by atoms with Gasteiger partial charge in [-0.25, -0.2) is 4.79 Å². The molecule has 3 aromatic rings. The first-order valence-corrected chi connectivity index (χ1v) is 8.38. The van der Waals surface area contributed by atoms with Crippen molar-refractivity contribution in [2.24, 2.45) is 0 Å². The molecule has 0 amide bonds. The van der Waals surface area contributed by atoms with Gasteiger partial charge < -0.3 is 5.11 Å². The van der Waals surface area contributed by atoms with E-state index in [1.54, 1.807) is 11.8 Å². The highest BCUT2D eigenvalue weighted by atomic mass is 32.2. The molecule has 4 heteroatoms. The Bertz CT molecular complexity index is 788. The minimum atomic E-state index is -0.837. The Morgan fingerprint density at radius 2 is 1.86 bits per heavy atom. The molecule has 2 aromatic carbocycles. The van der Waals surface area contributed by atoms with Gasteiger partial charge in [-0.1, -0.05) is 35.9 Å². The van der Waals surface area contributed by atoms with Gasteiger partial charge in [0.2, 0.25) is 0 Å². The van der Waals surface area contributed by atoms with Gasteiger partial charge in [-0.15, -0.1) is 23.1 Å². The molecule has 0 saturated heterocycles. The molecule has 1 N–H and O–H groups in total. The van der Waals surface area contributed by atoms with Crippen LogP contribution in [0, 0.1) is 6.92 Å². The first-order chi connectivity index (χ1) is 10.1. The van der Waals surface area contributed by atoms with Gasteiger partial charge in [-0.05, 0) is 36.1 Å². The zero-order valence-electron chi connectivity index (χ0n) is 11.5. The molecule has 1 heterocycles. The van der Waals surface area contributed by atoms with E-state index in [-0.39, 0.29) is 0 Å². The van der Waals surface area contributed by atoms with Crippen molar-refractivity contribution in [3.05, 3.63) is 64.5 Å². The van der Waals surface area contributed by atoms with E-state index in [4.69, 9.17) is 0 Å². The van der Waals surface area contributed by atoms with Gasteiger partial charge >= 0.3 is 5.97 Å². The molecule has 0 fully saturated rings. The summed E-state index contributed by atoms with van der Waals surface area (Å²) >= 11 is 3.03. The largest absolute Gasteiger partial charge is 0.477 e. The number of hydrogen-bond donors (Lipinski definition) is 1. The van der Waals surface area contributed by atoms with E-state index >= 15 is 0 Å². The Morgan fingerprint density at radius 1 is 1.14 bits per heavy atom. The first-order valence-electron chi connectivity index (χ1n) is 6.58. The molecule has 0 bridgehead atoms. The van der Waals surface area contributed by atoms with E-state index in [2.05, 4.69) is 31.2 Å². The maximum absolute atomic E-state index is 11.4. The van der Waals surface area contributed by atoms with Crippen LogP contribution in [0.25, 0.3) is 10.1 Å². The molecule has 21 heavy (non-hydrogen) atoms. The molecule has 0 aliphatic carbocycles. The summed E-state index contributed by atoms with van der Waals surface area (Å²) in [7, 11) is 0. The third kappa shape index (κ3) is 2.96. The monoisotopic (exact) mass is 314 g/mol. The van der Waals surface area contributed by atoms with Gasteiger partial charge in [0.1, 0.15) is 4.88 Å². The lowest BCUT2D eigenvalue weighted by atomic mass is 10.1. The normalized spacial score (nSPS) is 10.9. The van der Waals surface area contributed by atoms with Crippen LogP contribution in [0.4, 0.5) is 0 Å². The molecule has 0 unspecified atom stereocenters. The number of carboxylic acids is 1. The van der Waals surface area contributed by atoms with Crippen molar-refractivity contribution >= 4 is 39.2 Å². The number of fused-ring (bicyclic) bond motifs is 1. The van der Waals surface area contributed by atoms with Crippen LogP contribution >= 0.6 is 23.1 Å². The zero-order valence-corrected chi connectivity index (χ0v) is 13.1. The maximum Gasteiger partial charge on any atom is 0.346 e. The lowest BCUT2D eigenvalue weighted by Gasteiger charge is -2.03. The number of carbonyl (C=O) groups is 1. The Morgan fingerprint density at radius 3 is 2.57 bits per heavy atom. The Kier molecular flexibility index (Phi) is 3.99. The summed E-state index contributed by atoms with van der Waals surface area (Å²) in [5.41, 5.74) is 2.15. The second kappa shape index (κ2) is 5.92. The van der Waals surface area contributed by atoms with E-state index in [1.165, 1.54) is 16.9 Å². The van der Waals surface area contributed by atoms with E-state index in [9.17, 15) is 9.90 Å². The molecule has 3 rings (SSSR count). The van der Waals surface area contributed by atoms with Crippen LogP contribution in [0.3, 0.4) is 0 Å². The number of hydrogen-bond acceptors (Lipinski definition) is 3. The molecule has 0 aliphatic rings. The van der Waals surface area contributed by atoms with Crippen molar-refractivity contribution in [2.45, 2.75) is 17.6 Å². The van der Waals surface area contributed by atoms with Gasteiger partial charge in [0.05, 0.1) is 0 Å². The molecular weight excluding hydrogens is 300 g/mol. The molecule has 0 spiro atoms. The van der Waals surface area contributed by atoms with E-state index in [0.29, 0.717) is 10.6 Å². The minimum absolute atomic E-state index is 0.454. The smallest absolute Gasteiger partial charge is 0.346 e. The summed E-state index contributed by atoms with van der Waals surface area (Å²) in [5.74, 6) is -0.162. The van der Waals surface area contributed by atoms with Crippen LogP contribution in [0.5, 0.6) is 0 Å². The second-order valence-corrected chi connectivity index (χ2v) is 6.91. The molecule has 0 radical (unpaired) electrons. The molecule has 0 saturated carbocycles. The number of thiophene rings is 1. The van der Waals surface area contributed by atoms with Crippen molar-refractivity contribution in [1.29, 1.82) is 0 Å². The third-order valence-electron chi connectivity index (χ3n) is 3.30. The van der Waals surface area contributed by atoms with Crippen molar-refractivity contribution < 1.29 is 9.90 Å². The molecule has 2 nitrogen and oxygen atoms in total. The van der Waals surface area contributed by atoms with Gasteiger partial charge in [-0.2, -0.15) is 0 Å². The first kappa shape index (κ1) is 14.2. The lowest BCUT2D eigenvalue weighted by molar-refractivity contribution is 0.0701. The minimum Gasteiger partial charge on any atom is -0.477 e. The van der Waals surface area contributed by atoms with Gasteiger partial charge in [0.25, 0.3) is 0 Å². The average molecular weight is 314 g/mol. The predicted molar refractivity (Wildman–Crippen MR) is 89.5 cm³/mol. The third-order valence-corrected chi connectivity index (χ3v) is 5.54. The van der Waals surface area contributed by atoms with E-state index in [0.717, 1.165) is 20.5 Å². The fraction of sp³-hybridized carbons (Fsp3) is 0.118. The number of rotatable bonds is 4. The lowest BCUT2D eigenvalue weighted by Crippen LogP contribution is -1.96. The fourth-order valence-electron chi connectivity index (χ4n) is 2.20. The zero-order chi connectivity index (χ0) is 14.8. The number of thioether (sulfide) groups is 1. The molecule has 0 aliphatic heterocycles. The fourth-order valence-corrected chi connectivity index (χ4v) is 4.30. The number of benzene rings is 2. The summed E-state index contributed by atoms with van der Waals surface area (Å²) < 4.78 is 1.04. The standard InChI is InChI=1S/C17H14O2S2/c1-11-6-8-12(9-7-11)20-10-14-13-4-2-3-5-15(13)21-16(14)17(18)19/h2-9H,10H2,1H3,(H,18,19). The van der Waals surface area contributed by atoms with Gasteiger partial charge in [-0.3, -0.25) is 0 Å². The molecular formula is C17H14O2S2. The van der Waals surface area contributed by atoms with Crippen LogP contribution in [0.15, 0.2) is 53.4 Å². The van der Waals surface area contributed by atoms with Crippen molar-refractivity contribution in [3.8, 4) is 0 Å². The van der Waals surface area contributed by atoms with E-state index < -0.39 is 5.97 Å². The highest BCUT2D eigenvalue weighted by Crippen LogP contribution is 2.35. The number of carboxylic acid groups (broad SMARTS) is 1. The van der Waals surface area contributed by atoms with E-state index in [1.807, 2.05) is 24.3 Å². The molecule has 1 aromatic heterocycles. The Hall–Kier alpha value is -1.78. The average Bonchev–Trinajstić information content (AvgIpc) is 2.86. The number of aromatic carboxylic acids is 1. The van der Waals surface area contributed by atoms with Crippen LogP contribution in [-0.2, 0) is 5.75 Å². The van der Waals surface area contributed by atoms with Crippen molar-refractivity contribution in [2.75, 3.05) is 0 Å². The topological polar surface area (TPSA) is 37.3 Å². The summed E-state index contributed by atoms with van der Waals surface area (Å²) in [4.78, 5) is 13.1. The number of aryl methyl sites for hydroxylation is 1. The molecule has 0 atom stereocenters. The van der Waals surface area contributed by atoms with Crippen LogP contribution < -0.4 is 0 Å². The SMILES string of the molecule is Cc1ccc(SCc2c(C(=O)O)sc3ccccc23)cc1. The predicted octanol–water partition coefficient (Wildman–Crippen LogP) is 5.20. The highest BCUT2D eigenvalue weighted by molar-refractivity contribution is 7.98. The second-order valence-electron chi connectivity index (χ2n) is 4.81. The summed E-state index contributed by atoms with van der Waals surface area (Å²) in [6.07, 6.45) is 0. The molecule has 106 valence electrons. The summed E-state index contributed by atoms with van der Waals surface area (Å²) in [6, 6.07) is 16.2. The van der Waals surface area contributed by atoms with Crippen LogP contribution in [0.2, 0.25) is 0 Å². The Labute approximate surface area is 131 Å². The van der Waals surface area contributed by atoms with Gasteiger partial charge in [0.15, 0.2) is 0 Å². The quantitative estimate of drug-likeness (QED) is 0.672. The summed E-state index contributed by atoms with van der Waals surface area (Å²) in [5, 5.41) is 10.5. The van der Waals surface area contributed by atoms with Crippen molar-refractivity contribution in [3.63, 3.8) is 0 Å². The van der Waals surface area contributed by atoms with Crippen LogP contribution in [0.1, 0.15) is 20.8 Å². The van der Waals surface area contributed by atoms with Crippen molar-refractivity contribution in [1.82, 2.24) is 0 Å². The van der Waals surface area contributed by atoms with Gasteiger partial charge in [0, 0.05) is 15.3 Å². The summed E-state index contributed by atoms with van der Waals surface area (Å²) in [6.45, 7) is 2.06.